The van der Waals surface area contributed by atoms with Crippen LogP contribution in [0.4, 0.5) is 0 Å². The highest BCUT2D eigenvalue weighted by Gasteiger charge is 2.58. The number of nitrogens with one attached hydrogen (secondary N) is 2. The van der Waals surface area contributed by atoms with Gasteiger partial charge in [0, 0.05) is 19.2 Å². The minimum absolute atomic E-state index is 0.0891. The molecule has 98 valence electrons. The van der Waals surface area contributed by atoms with Gasteiger partial charge in [0.05, 0.1) is 17.0 Å². The van der Waals surface area contributed by atoms with Crippen LogP contribution in [0.3, 0.4) is 0 Å². The van der Waals surface area contributed by atoms with Gasteiger partial charge < -0.3 is 5.41 Å². The molecule has 0 bridgehead atoms. The van der Waals surface area contributed by atoms with E-state index in [1.165, 1.54) is 12.8 Å². The van der Waals surface area contributed by atoms with E-state index in [1.807, 2.05) is 0 Å². The van der Waals surface area contributed by atoms with Crippen LogP contribution in [-0.2, 0) is 7.05 Å². The van der Waals surface area contributed by atoms with Crippen molar-refractivity contribution < 1.29 is 0 Å². The van der Waals surface area contributed by atoms with E-state index in [-0.39, 0.29) is 5.71 Å². The van der Waals surface area contributed by atoms with Gasteiger partial charge in [-0.3, -0.25) is 10.1 Å². The molecule has 2 aliphatic rings. The lowest BCUT2D eigenvalue weighted by Crippen LogP contribution is -2.06. The molecule has 2 N–H and O–H groups in total. The molecule has 2 saturated carbocycles. The molecule has 0 aliphatic heterocycles. The minimum Gasteiger partial charge on any atom is -0.307 e. The highest BCUT2D eigenvalue weighted by atomic mass is 15.3. The van der Waals surface area contributed by atoms with Gasteiger partial charge in [0.2, 0.25) is 0 Å². The Balaban J connectivity index is 2.01. The van der Waals surface area contributed by atoms with Crippen molar-refractivity contribution in [3.8, 4) is 6.07 Å². The van der Waals surface area contributed by atoms with Crippen molar-refractivity contribution in [2.45, 2.75) is 32.1 Å². The summed E-state index contributed by atoms with van der Waals surface area (Å²) in [5, 5.41) is 28.8. The number of hydrogen-bond donors (Lipinski definition) is 2. The molecule has 0 amide bonds. The Hall–Kier alpha value is -1.96. The maximum absolute atomic E-state index is 9.21. The van der Waals surface area contributed by atoms with Crippen LogP contribution in [0.15, 0.2) is 0 Å². The Morgan fingerprint density at radius 1 is 1.58 bits per heavy atom. The minimum atomic E-state index is 0.0891. The third-order valence-electron chi connectivity index (χ3n) is 4.67. The van der Waals surface area contributed by atoms with E-state index in [2.05, 4.69) is 18.1 Å². The van der Waals surface area contributed by atoms with Crippen molar-refractivity contribution >= 4 is 11.9 Å². The molecular formula is C14H17N5. The summed E-state index contributed by atoms with van der Waals surface area (Å²) in [4.78, 5) is 0. The molecule has 5 heteroatoms. The largest absolute Gasteiger partial charge is 0.307 e. The monoisotopic (exact) mass is 255 g/mol. The summed E-state index contributed by atoms with van der Waals surface area (Å²) in [6, 6.07) is 2.11. The van der Waals surface area contributed by atoms with Crippen LogP contribution in [0.2, 0.25) is 0 Å². The summed E-state index contributed by atoms with van der Waals surface area (Å²) < 4.78 is 1.55. The van der Waals surface area contributed by atoms with Crippen LogP contribution < -0.4 is 0 Å². The molecular weight excluding hydrogens is 238 g/mol. The summed E-state index contributed by atoms with van der Waals surface area (Å²) in [7, 11) is 1.74. The van der Waals surface area contributed by atoms with Gasteiger partial charge in [-0.15, -0.1) is 0 Å². The summed E-state index contributed by atoms with van der Waals surface area (Å²) in [5.41, 5.74) is 2.36. The van der Waals surface area contributed by atoms with E-state index >= 15 is 0 Å². The molecule has 2 atom stereocenters. The van der Waals surface area contributed by atoms with E-state index in [1.54, 1.807) is 11.7 Å². The van der Waals surface area contributed by atoms with E-state index in [4.69, 9.17) is 10.8 Å². The lowest BCUT2D eigenvalue weighted by Gasteiger charge is -2.06. The zero-order valence-corrected chi connectivity index (χ0v) is 11.2. The highest BCUT2D eigenvalue weighted by Crippen LogP contribution is 2.67. The van der Waals surface area contributed by atoms with Crippen LogP contribution in [0.25, 0.3) is 0 Å². The van der Waals surface area contributed by atoms with Crippen LogP contribution in [0.5, 0.6) is 0 Å². The smallest absolute Gasteiger partial charge is 0.147 e. The van der Waals surface area contributed by atoms with E-state index < -0.39 is 0 Å². The molecule has 19 heavy (non-hydrogen) atoms. The number of nitriles is 1. The van der Waals surface area contributed by atoms with E-state index in [0.717, 1.165) is 18.3 Å². The number of aromatic nitrogens is 2. The van der Waals surface area contributed by atoms with E-state index in [9.17, 15) is 5.26 Å². The van der Waals surface area contributed by atoms with Gasteiger partial charge >= 0.3 is 0 Å². The number of aryl methyl sites for hydroxylation is 1. The average molecular weight is 255 g/mol. The molecule has 1 aromatic heterocycles. The number of rotatable bonds is 4. The lowest BCUT2D eigenvalue weighted by atomic mass is 9.98. The van der Waals surface area contributed by atoms with E-state index in [0.29, 0.717) is 28.5 Å². The normalized spacial score (nSPS) is 26.6. The van der Waals surface area contributed by atoms with Crippen molar-refractivity contribution in [1.82, 2.24) is 9.78 Å². The Morgan fingerprint density at radius 3 is 2.79 bits per heavy atom. The Labute approximate surface area is 112 Å². The van der Waals surface area contributed by atoms with Gasteiger partial charge in [0.15, 0.2) is 0 Å². The third-order valence-corrected chi connectivity index (χ3v) is 4.67. The van der Waals surface area contributed by atoms with Gasteiger partial charge in [0.1, 0.15) is 11.8 Å². The summed E-state index contributed by atoms with van der Waals surface area (Å²) in [6.45, 7) is 2.31. The first-order valence-corrected chi connectivity index (χ1v) is 6.58. The second-order valence-electron chi connectivity index (χ2n) is 6.00. The molecule has 0 saturated heterocycles. The third kappa shape index (κ3) is 1.71. The molecule has 2 fully saturated rings. The fourth-order valence-electron chi connectivity index (χ4n) is 3.11. The van der Waals surface area contributed by atoms with Crippen molar-refractivity contribution in [1.29, 1.82) is 16.1 Å². The van der Waals surface area contributed by atoms with Gasteiger partial charge in [-0.05, 0) is 30.6 Å². The summed E-state index contributed by atoms with van der Waals surface area (Å²) in [6.07, 6.45) is 4.67. The SMILES string of the molecule is Cn1nc(C2CC2C2(C)CC2)c(C(=N)C=N)c1C#N. The molecule has 5 nitrogen and oxygen atoms in total. The zero-order chi connectivity index (χ0) is 13.8. The molecule has 0 radical (unpaired) electrons. The fourth-order valence-corrected chi connectivity index (χ4v) is 3.11. The molecule has 0 spiro atoms. The van der Waals surface area contributed by atoms with Crippen molar-refractivity contribution in [2.75, 3.05) is 0 Å². The summed E-state index contributed by atoms with van der Waals surface area (Å²) in [5.74, 6) is 1.02. The average Bonchev–Trinajstić information content (AvgIpc) is 3.28. The lowest BCUT2D eigenvalue weighted by molar-refractivity contribution is 0.476. The predicted octanol–water partition coefficient (Wildman–Crippen LogP) is 2.21. The van der Waals surface area contributed by atoms with Gasteiger partial charge in [-0.1, -0.05) is 6.92 Å². The maximum atomic E-state index is 9.21. The van der Waals surface area contributed by atoms with Crippen molar-refractivity contribution in [3.05, 3.63) is 17.0 Å². The fraction of sp³-hybridized carbons (Fsp3) is 0.571. The van der Waals surface area contributed by atoms with Gasteiger partial charge in [-0.25, -0.2) is 0 Å². The second kappa shape index (κ2) is 3.77. The molecule has 3 rings (SSSR count). The number of nitrogens with zero attached hydrogens (tertiary/aromatic N) is 3. The standard InChI is InChI=1S/C14H17N5/c1-14(3-4-14)9-5-8(9)13-12(10(17)6-15)11(7-16)19(2)18-13/h6,8-9,15,17H,3-5H2,1-2H3. The van der Waals surface area contributed by atoms with Gasteiger partial charge in [0.25, 0.3) is 0 Å². The predicted molar refractivity (Wildman–Crippen MR) is 71.7 cm³/mol. The topological polar surface area (TPSA) is 89.3 Å². The second-order valence-corrected chi connectivity index (χ2v) is 6.00. The Kier molecular flexibility index (Phi) is 2.40. The number of hydrogen-bond acceptors (Lipinski definition) is 4. The van der Waals surface area contributed by atoms with Crippen LogP contribution in [-0.4, -0.2) is 21.7 Å². The van der Waals surface area contributed by atoms with Crippen molar-refractivity contribution in [2.24, 2.45) is 18.4 Å². The van der Waals surface area contributed by atoms with Crippen LogP contribution >= 0.6 is 0 Å². The van der Waals surface area contributed by atoms with Crippen molar-refractivity contribution in [3.63, 3.8) is 0 Å². The molecule has 2 unspecified atom stereocenters. The maximum Gasteiger partial charge on any atom is 0.147 e. The van der Waals surface area contributed by atoms with Gasteiger partial charge in [-0.2, -0.15) is 10.4 Å². The first-order chi connectivity index (χ1) is 9.01. The molecule has 1 heterocycles. The van der Waals surface area contributed by atoms with Crippen LogP contribution in [0.1, 0.15) is 49.1 Å². The first-order valence-electron chi connectivity index (χ1n) is 6.58. The molecule has 1 aromatic rings. The Morgan fingerprint density at radius 2 is 2.26 bits per heavy atom. The Bertz CT molecular complexity index is 615. The highest BCUT2D eigenvalue weighted by molar-refractivity contribution is 6.36. The molecule has 0 aromatic carbocycles. The molecule has 2 aliphatic carbocycles. The zero-order valence-electron chi connectivity index (χ0n) is 11.2. The summed E-state index contributed by atoms with van der Waals surface area (Å²) >= 11 is 0. The quantitative estimate of drug-likeness (QED) is 0.808. The van der Waals surface area contributed by atoms with Crippen LogP contribution in [0, 0.1) is 33.5 Å². The first kappa shape index (κ1) is 12.1.